The number of pyridine rings is 1. The van der Waals surface area contributed by atoms with Crippen LogP contribution in [0.3, 0.4) is 0 Å². The summed E-state index contributed by atoms with van der Waals surface area (Å²) in [6.45, 7) is 4.94. The number of nitrogens with zero attached hydrogens (tertiary/aromatic N) is 1. The highest BCUT2D eigenvalue weighted by molar-refractivity contribution is 9.10. The van der Waals surface area contributed by atoms with Crippen LogP contribution in [0.4, 0.5) is 5.69 Å². The Morgan fingerprint density at radius 2 is 2.21 bits per heavy atom. The van der Waals surface area contributed by atoms with Crippen molar-refractivity contribution in [3.63, 3.8) is 0 Å². The molecule has 0 saturated carbocycles. The van der Waals surface area contributed by atoms with E-state index < -0.39 is 0 Å². The Morgan fingerprint density at radius 3 is 2.84 bits per heavy atom. The SMILES string of the molecule is CCCn1cc(NC(C)c2sccc2Br)ccc1=O. The summed E-state index contributed by atoms with van der Waals surface area (Å²) in [5.74, 6) is 0. The molecule has 1 atom stereocenters. The summed E-state index contributed by atoms with van der Waals surface area (Å²) in [5, 5.41) is 5.50. The van der Waals surface area contributed by atoms with Crippen LogP contribution < -0.4 is 10.9 Å². The van der Waals surface area contributed by atoms with Crippen LogP contribution in [0.25, 0.3) is 0 Å². The normalized spacial score (nSPS) is 12.4. The van der Waals surface area contributed by atoms with Crippen LogP contribution in [0.15, 0.2) is 39.0 Å². The van der Waals surface area contributed by atoms with E-state index in [2.05, 4.69) is 46.5 Å². The van der Waals surface area contributed by atoms with Gasteiger partial charge in [-0.15, -0.1) is 11.3 Å². The molecular weight excluding hydrogens is 324 g/mol. The molecule has 0 bridgehead atoms. The molecular formula is C14H17BrN2OS. The van der Waals surface area contributed by atoms with Crippen molar-refractivity contribution in [2.75, 3.05) is 5.32 Å². The number of hydrogen-bond donors (Lipinski definition) is 1. The molecule has 0 aliphatic rings. The molecule has 1 N–H and O–H groups in total. The Kier molecular flexibility index (Phi) is 4.82. The third kappa shape index (κ3) is 3.48. The van der Waals surface area contributed by atoms with Crippen LogP contribution in [0.2, 0.25) is 0 Å². The van der Waals surface area contributed by atoms with Gasteiger partial charge in [0.1, 0.15) is 0 Å². The van der Waals surface area contributed by atoms with E-state index in [9.17, 15) is 4.79 Å². The third-order valence-corrected chi connectivity index (χ3v) is 4.92. The fourth-order valence-electron chi connectivity index (χ4n) is 1.96. The molecule has 0 amide bonds. The van der Waals surface area contributed by atoms with Crippen LogP contribution in [-0.2, 0) is 6.54 Å². The van der Waals surface area contributed by atoms with Gasteiger partial charge in [0.2, 0.25) is 0 Å². The average Bonchev–Trinajstić information content (AvgIpc) is 2.80. The van der Waals surface area contributed by atoms with Crippen molar-refractivity contribution in [3.05, 3.63) is 49.5 Å². The molecule has 19 heavy (non-hydrogen) atoms. The Labute approximate surface area is 125 Å². The minimum atomic E-state index is 0.0531. The number of hydrogen-bond acceptors (Lipinski definition) is 3. The van der Waals surface area contributed by atoms with E-state index in [0.29, 0.717) is 0 Å². The molecule has 0 radical (unpaired) electrons. The van der Waals surface area contributed by atoms with Gasteiger partial charge in [-0.3, -0.25) is 4.79 Å². The summed E-state index contributed by atoms with van der Waals surface area (Å²) in [4.78, 5) is 12.9. The van der Waals surface area contributed by atoms with Gasteiger partial charge in [0, 0.05) is 28.2 Å². The van der Waals surface area contributed by atoms with Gasteiger partial charge in [0.15, 0.2) is 0 Å². The summed E-state index contributed by atoms with van der Waals surface area (Å²) in [7, 11) is 0. The Morgan fingerprint density at radius 1 is 1.42 bits per heavy atom. The fourth-order valence-corrected chi connectivity index (χ4v) is 3.69. The van der Waals surface area contributed by atoms with Crippen molar-refractivity contribution in [2.24, 2.45) is 0 Å². The first-order valence-corrected chi connectivity index (χ1v) is 7.99. The van der Waals surface area contributed by atoms with Gasteiger partial charge in [-0.05, 0) is 46.8 Å². The number of rotatable bonds is 5. The number of aromatic nitrogens is 1. The minimum Gasteiger partial charge on any atom is -0.376 e. The molecule has 0 aromatic carbocycles. The minimum absolute atomic E-state index is 0.0531. The van der Waals surface area contributed by atoms with E-state index in [4.69, 9.17) is 0 Å². The van der Waals surface area contributed by atoms with Gasteiger partial charge in [0.25, 0.3) is 5.56 Å². The van der Waals surface area contributed by atoms with Crippen molar-refractivity contribution in [3.8, 4) is 0 Å². The zero-order valence-electron chi connectivity index (χ0n) is 11.0. The fraction of sp³-hybridized carbons (Fsp3) is 0.357. The number of thiophene rings is 1. The van der Waals surface area contributed by atoms with Crippen molar-refractivity contribution in [2.45, 2.75) is 32.9 Å². The number of nitrogens with one attached hydrogen (secondary N) is 1. The maximum absolute atomic E-state index is 11.7. The standard InChI is InChI=1S/C14H17BrN2OS/c1-3-7-17-9-11(4-5-13(17)18)16-10(2)14-12(15)6-8-19-14/h4-6,8-10,16H,3,7H2,1-2H3. The van der Waals surface area contributed by atoms with Gasteiger partial charge in [-0.1, -0.05) is 6.92 Å². The summed E-state index contributed by atoms with van der Waals surface area (Å²) in [6.07, 6.45) is 2.85. The van der Waals surface area contributed by atoms with Gasteiger partial charge in [-0.25, -0.2) is 0 Å². The number of anilines is 1. The van der Waals surface area contributed by atoms with Gasteiger partial charge < -0.3 is 9.88 Å². The molecule has 2 aromatic heterocycles. The smallest absolute Gasteiger partial charge is 0.250 e. The van der Waals surface area contributed by atoms with E-state index in [1.54, 1.807) is 22.0 Å². The zero-order valence-corrected chi connectivity index (χ0v) is 13.4. The Bertz CT molecular complexity index is 605. The van der Waals surface area contributed by atoms with Crippen molar-refractivity contribution in [1.82, 2.24) is 4.57 Å². The highest BCUT2D eigenvalue weighted by Gasteiger charge is 2.11. The van der Waals surface area contributed by atoms with Crippen LogP contribution in [0.5, 0.6) is 0 Å². The first-order valence-electron chi connectivity index (χ1n) is 6.31. The second-order valence-corrected chi connectivity index (χ2v) is 6.25. The average molecular weight is 341 g/mol. The molecule has 5 heteroatoms. The molecule has 0 aliphatic heterocycles. The molecule has 3 nitrogen and oxygen atoms in total. The summed E-state index contributed by atoms with van der Waals surface area (Å²) in [6, 6.07) is 5.72. The van der Waals surface area contributed by atoms with E-state index in [-0.39, 0.29) is 11.6 Å². The molecule has 1 unspecified atom stereocenters. The zero-order chi connectivity index (χ0) is 13.8. The van der Waals surface area contributed by atoms with Gasteiger partial charge >= 0.3 is 0 Å². The van der Waals surface area contributed by atoms with E-state index in [0.717, 1.165) is 23.1 Å². The van der Waals surface area contributed by atoms with Crippen LogP contribution >= 0.6 is 27.3 Å². The molecule has 0 aliphatic carbocycles. The molecule has 102 valence electrons. The largest absolute Gasteiger partial charge is 0.376 e. The lowest BCUT2D eigenvalue weighted by Gasteiger charge is -2.15. The van der Waals surface area contributed by atoms with Crippen LogP contribution in [0, 0.1) is 0 Å². The van der Waals surface area contributed by atoms with E-state index >= 15 is 0 Å². The van der Waals surface area contributed by atoms with Crippen molar-refractivity contribution in [1.29, 1.82) is 0 Å². The molecule has 2 rings (SSSR count). The lowest BCUT2D eigenvalue weighted by Crippen LogP contribution is -2.19. The molecule has 2 heterocycles. The monoisotopic (exact) mass is 340 g/mol. The first kappa shape index (κ1) is 14.3. The third-order valence-electron chi connectivity index (χ3n) is 2.87. The van der Waals surface area contributed by atoms with Crippen molar-refractivity contribution >= 4 is 33.0 Å². The van der Waals surface area contributed by atoms with E-state index in [1.165, 1.54) is 4.88 Å². The van der Waals surface area contributed by atoms with Gasteiger partial charge in [-0.2, -0.15) is 0 Å². The quantitative estimate of drug-likeness (QED) is 0.882. The second-order valence-electron chi connectivity index (χ2n) is 4.45. The number of halogens is 1. The molecule has 0 fully saturated rings. The summed E-state index contributed by atoms with van der Waals surface area (Å²) < 4.78 is 2.87. The first-order chi connectivity index (χ1) is 9.11. The van der Waals surface area contributed by atoms with Crippen LogP contribution in [-0.4, -0.2) is 4.57 Å². The maximum Gasteiger partial charge on any atom is 0.250 e. The van der Waals surface area contributed by atoms with Gasteiger partial charge in [0.05, 0.1) is 11.7 Å². The Balaban J connectivity index is 2.17. The van der Waals surface area contributed by atoms with E-state index in [1.807, 2.05) is 12.3 Å². The number of aryl methyl sites for hydroxylation is 1. The molecule has 0 saturated heterocycles. The maximum atomic E-state index is 11.7. The summed E-state index contributed by atoms with van der Waals surface area (Å²) in [5.41, 5.74) is 1.03. The molecule has 0 spiro atoms. The lowest BCUT2D eigenvalue weighted by molar-refractivity contribution is 0.654. The second kappa shape index (κ2) is 6.39. The molecule has 2 aromatic rings. The predicted octanol–water partition coefficient (Wildman–Crippen LogP) is 4.26. The predicted molar refractivity (Wildman–Crippen MR) is 85.0 cm³/mol. The van der Waals surface area contributed by atoms with Crippen LogP contribution in [0.1, 0.15) is 31.2 Å². The highest BCUT2D eigenvalue weighted by Crippen LogP contribution is 2.30. The Hall–Kier alpha value is -1.07. The van der Waals surface area contributed by atoms with Crippen molar-refractivity contribution < 1.29 is 0 Å². The highest BCUT2D eigenvalue weighted by atomic mass is 79.9. The summed E-state index contributed by atoms with van der Waals surface area (Å²) >= 11 is 5.26. The lowest BCUT2D eigenvalue weighted by atomic mass is 10.2. The topological polar surface area (TPSA) is 34.0 Å².